The summed E-state index contributed by atoms with van der Waals surface area (Å²) < 4.78 is 39.3. The highest BCUT2D eigenvalue weighted by Gasteiger charge is 2.30. The average molecular weight is 387 g/mol. The van der Waals surface area contributed by atoms with Gasteiger partial charge in [0.05, 0.1) is 17.6 Å². The highest BCUT2D eigenvalue weighted by molar-refractivity contribution is 5.90. The third-order valence-electron chi connectivity index (χ3n) is 4.01. The van der Waals surface area contributed by atoms with Crippen LogP contribution in [-0.2, 0) is 17.5 Å². The lowest BCUT2D eigenvalue weighted by molar-refractivity contribution is -0.137. The maximum absolute atomic E-state index is 12.7. The molecule has 1 amide bonds. The van der Waals surface area contributed by atoms with Crippen LogP contribution in [0, 0.1) is 6.92 Å². The van der Waals surface area contributed by atoms with Gasteiger partial charge >= 0.3 is 6.18 Å². The molecule has 1 heterocycles. The van der Waals surface area contributed by atoms with E-state index in [0.29, 0.717) is 5.69 Å². The van der Waals surface area contributed by atoms with Crippen molar-refractivity contribution in [3.05, 3.63) is 82.4 Å². The number of carbonyl (C=O) groups is 1. The molecule has 28 heavy (non-hydrogen) atoms. The zero-order valence-corrected chi connectivity index (χ0v) is 14.8. The summed E-state index contributed by atoms with van der Waals surface area (Å²) in [7, 11) is 0. The third-order valence-corrected chi connectivity index (χ3v) is 4.01. The second-order valence-corrected chi connectivity index (χ2v) is 6.23. The fraction of sp³-hybridized carbons (Fsp3) is 0.150. The molecule has 0 unspecified atom stereocenters. The van der Waals surface area contributed by atoms with E-state index in [0.717, 1.165) is 27.8 Å². The lowest BCUT2D eigenvalue weighted by atomic mass is 10.1. The molecular formula is C20H16F3N3O2. The van der Waals surface area contributed by atoms with Crippen molar-refractivity contribution in [2.45, 2.75) is 19.6 Å². The van der Waals surface area contributed by atoms with Gasteiger partial charge in [-0.3, -0.25) is 14.2 Å². The van der Waals surface area contributed by atoms with Crippen LogP contribution in [0.4, 0.5) is 18.9 Å². The zero-order valence-electron chi connectivity index (χ0n) is 14.8. The lowest BCUT2D eigenvalue weighted by Gasteiger charge is -2.11. The molecule has 0 aliphatic rings. The number of aromatic nitrogens is 2. The Hall–Kier alpha value is -3.42. The summed E-state index contributed by atoms with van der Waals surface area (Å²) in [4.78, 5) is 28.5. The maximum atomic E-state index is 12.7. The van der Waals surface area contributed by atoms with E-state index < -0.39 is 23.2 Å². The number of alkyl halides is 3. The number of hydrogen-bond donors (Lipinski definition) is 1. The standard InChI is InChI=1S/C20H16F3N3O2/c1-13-5-7-14(8-6-13)17-10-19(28)26(12-24-17)11-18(27)25-16-4-2-3-15(9-16)20(21,22)23/h2-10,12H,11H2,1H3,(H,25,27). The van der Waals surface area contributed by atoms with Crippen molar-refractivity contribution in [1.82, 2.24) is 9.55 Å². The second-order valence-electron chi connectivity index (χ2n) is 6.23. The van der Waals surface area contributed by atoms with Gasteiger partial charge in [0.2, 0.25) is 5.91 Å². The van der Waals surface area contributed by atoms with Crippen LogP contribution < -0.4 is 10.9 Å². The average Bonchev–Trinajstić information content (AvgIpc) is 2.63. The normalized spacial score (nSPS) is 11.3. The predicted molar refractivity (Wildman–Crippen MR) is 98.7 cm³/mol. The van der Waals surface area contributed by atoms with E-state index in [2.05, 4.69) is 10.3 Å². The fourth-order valence-electron chi connectivity index (χ4n) is 2.56. The van der Waals surface area contributed by atoms with Crippen LogP contribution in [-0.4, -0.2) is 15.5 Å². The van der Waals surface area contributed by atoms with Crippen molar-refractivity contribution in [3.63, 3.8) is 0 Å². The minimum atomic E-state index is -4.51. The number of rotatable bonds is 4. The van der Waals surface area contributed by atoms with Gasteiger partial charge in [-0.05, 0) is 25.1 Å². The fourth-order valence-corrected chi connectivity index (χ4v) is 2.56. The Morgan fingerprint density at radius 3 is 2.46 bits per heavy atom. The minimum absolute atomic E-state index is 0.00268. The van der Waals surface area contributed by atoms with Crippen LogP contribution in [0.25, 0.3) is 11.3 Å². The maximum Gasteiger partial charge on any atom is 0.416 e. The number of nitrogens with zero attached hydrogens (tertiary/aromatic N) is 2. The van der Waals surface area contributed by atoms with Crippen molar-refractivity contribution in [2.75, 3.05) is 5.32 Å². The Morgan fingerprint density at radius 1 is 1.11 bits per heavy atom. The number of anilines is 1. The number of amides is 1. The summed E-state index contributed by atoms with van der Waals surface area (Å²) in [5.41, 5.74) is 1.000. The van der Waals surface area contributed by atoms with Crippen molar-refractivity contribution in [1.29, 1.82) is 0 Å². The van der Waals surface area contributed by atoms with Gasteiger partial charge in [0.15, 0.2) is 0 Å². The number of nitrogens with one attached hydrogen (secondary N) is 1. The zero-order chi connectivity index (χ0) is 20.3. The van der Waals surface area contributed by atoms with E-state index in [1.54, 1.807) is 0 Å². The van der Waals surface area contributed by atoms with Gasteiger partial charge in [0.25, 0.3) is 5.56 Å². The molecule has 3 rings (SSSR count). The first-order valence-electron chi connectivity index (χ1n) is 8.33. The van der Waals surface area contributed by atoms with Gasteiger partial charge in [-0.15, -0.1) is 0 Å². The van der Waals surface area contributed by atoms with Crippen molar-refractivity contribution < 1.29 is 18.0 Å². The van der Waals surface area contributed by atoms with Gasteiger partial charge in [-0.25, -0.2) is 4.98 Å². The van der Waals surface area contributed by atoms with Gasteiger partial charge in [-0.1, -0.05) is 35.9 Å². The van der Waals surface area contributed by atoms with Gasteiger partial charge in [0, 0.05) is 17.3 Å². The largest absolute Gasteiger partial charge is 0.416 e. The summed E-state index contributed by atoms with van der Waals surface area (Å²) in [6.07, 6.45) is -3.27. The smallest absolute Gasteiger partial charge is 0.325 e. The van der Waals surface area contributed by atoms with Crippen LogP contribution in [0.5, 0.6) is 0 Å². The van der Waals surface area contributed by atoms with Gasteiger partial charge < -0.3 is 5.32 Å². The molecule has 144 valence electrons. The van der Waals surface area contributed by atoms with Crippen LogP contribution in [0.2, 0.25) is 0 Å². The molecule has 0 saturated carbocycles. The number of aryl methyl sites for hydroxylation is 1. The number of carbonyl (C=O) groups excluding carboxylic acids is 1. The molecule has 5 nitrogen and oxygen atoms in total. The molecule has 0 fully saturated rings. The molecule has 0 aliphatic heterocycles. The Labute approximate surface area is 158 Å². The summed E-state index contributed by atoms with van der Waals surface area (Å²) in [6, 6.07) is 13.0. The van der Waals surface area contributed by atoms with Crippen molar-refractivity contribution >= 4 is 11.6 Å². The van der Waals surface area contributed by atoms with Gasteiger partial charge in [-0.2, -0.15) is 13.2 Å². The first-order chi connectivity index (χ1) is 13.2. The van der Waals surface area contributed by atoms with Crippen LogP contribution >= 0.6 is 0 Å². The Balaban J connectivity index is 1.72. The Kier molecular flexibility index (Phi) is 5.30. The molecule has 0 saturated heterocycles. The molecular weight excluding hydrogens is 371 g/mol. The van der Waals surface area contributed by atoms with E-state index >= 15 is 0 Å². The molecule has 0 radical (unpaired) electrons. The SMILES string of the molecule is Cc1ccc(-c2cc(=O)n(CC(=O)Nc3cccc(C(F)(F)F)c3)cn2)cc1. The minimum Gasteiger partial charge on any atom is -0.325 e. The highest BCUT2D eigenvalue weighted by Crippen LogP contribution is 2.30. The summed E-state index contributed by atoms with van der Waals surface area (Å²) in [6.45, 7) is 1.58. The molecule has 0 spiro atoms. The van der Waals surface area contributed by atoms with E-state index in [9.17, 15) is 22.8 Å². The molecule has 0 atom stereocenters. The monoisotopic (exact) mass is 387 g/mol. The summed E-state index contributed by atoms with van der Waals surface area (Å²) in [5.74, 6) is -0.633. The predicted octanol–water partition coefficient (Wildman–Crippen LogP) is 3.88. The van der Waals surface area contributed by atoms with Crippen LogP contribution in [0.3, 0.4) is 0 Å². The molecule has 0 bridgehead atoms. The molecule has 1 aromatic heterocycles. The topological polar surface area (TPSA) is 64.0 Å². The van der Waals surface area contributed by atoms with E-state index in [4.69, 9.17) is 0 Å². The number of benzene rings is 2. The molecule has 2 aromatic carbocycles. The first-order valence-corrected chi connectivity index (χ1v) is 8.33. The summed E-state index contributed by atoms with van der Waals surface area (Å²) >= 11 is 0. The summed E-state index contributed by atoms with van der Waals surface area (Å²) in [5, 5.41) is 2.36. The molecule has 0 aliphatic carbocycles. The molecule has 1 N–H and O–H groups in total. The Bertz CT molecular complexity index is 1060. The third kappa shape index (κ3) is 4.64. The van der Waals surface area contributed by atoms with E-state index in [-0.39, 0.29) is 12.2 Å². The number of halogens is 3. The van der Waals surface area contributed by atoms with Gasteiger partial charge in [0.1, 0.15) is 6.54 Å². The van der Waals surface area contributed by atoms with Crippen molar-refractivity contribution in [3.8, 4) is 11.3 Å². The van der Waals surface area contributed by atoms with E-state index in [1.807, 2.05) is 31.2 Å². The van der Waals surface area contributed by atoms with E-state index in [1.165, 1.54) is 24.5 Å². The Morgan fingerprint density at radius 2 is 1.82 bits per heavy atom. The number of hydrogen-bond acceptors (Lipinski definition) is 3. The quantitative estimate of drug-likeness (QED) is 0.739. The van der Waals surface area contributed by atoms with Crippen molar-refractivity contribution in [2.24, 2.45) is 0 Å². The molecule has 3 aromatic rings. The van der Waals surface area contributed by atoms with Crippen LogP contribution in [0.1, 0.15) is 11.1 Å². The lowest BCUT2D eigenvalue weighted by Crippen LogP contribution is -2.27. The molecule has 8 heteroatoms. The van der Waals surface area contributed by atoms with Crippen LogP contribution in [0.15, 0.2) is 65.7 Å². The second kappa shape index (κ2) is 7.67. The highest BCUT2D eigenvalue weighted by atomic mass is 19.4. The first kappa shape index (κ1) is 19.3.